The number of carboxylic acid groups (broad SMARTS) is 1. The van der Waals surface area contributed by atoms with E-state index in [1.54, 1.807) is 12.1 Å². The quantitative estimate of drug-likeness (QED) is 0.762. The van der Waals surface area contributed by atoms with Crippen LogP contribution in [0, 0.1) is 6.92 Å². The van der Waals surface area contributed by atoms with E-state index in [0.29, 0.717) is 0 Å². The van der Waals surface area contributed by atoms with E-state index >= 15 is 0 Å². The molecule has 0 N–H and O–H groups in total. The van der Waals surface area contributed by atoms with Crippen molar-refractivity contribution in [1.82, 2.24) is 0 Å². The number of hydrogen-bond donors (Lipinski definition) is 0. The van der Waals surface area contributed by atoms with Crippen LogP contribution in [0.4, 0.5) is 0 Å². The number of carbonyl (C=O) groups excluding carboxylic acids is 1. The van der Waals surface area contributed by atoms with Crippen molar-refractivity contribution in [3.8, 4) is 11.1 Å². The van der Waals surface area contributed by atoms with Crippen molar-refractivity contribution in [2.75, 3.05) is 0 Å². The first-order chi connectivity index (χ1) is 7.68. The van der Waals surface area contributed by atoms with Gasteiger partial charge >= 0.3 is 0 Å². The lowest BCUT2D eigenvalue weighted by Gasteiger charge is -2.09. The maximum absolute atomic E-state index is 10.7. The van der Waals surface area contributed by atoms with Crippen LogP contribution in [0.2, 0.25) is 0 Å². The Bertz CT molecular complexity index is 516. The minimum absolute atomic E-state index is 0.220. The van der Waals surface area contributed by atoms with Gasteiger partial charge in [-0.25, -0.2) is 0 Å². The molecule has 0 heterocycles. The van der Waals surface area contributed by atoms with Gasteiger partial charge in [0.15, 0.2) is 0 Å². The number of rotatable bonds is 2. The molecule has 0 aromatic heterocycles. The summed E-state index contributed by atoms with van der Waals surface area (Å²) < 4.78 is 0. The number of aromatic carboxylic acids is 1. The Kier molecular flexibility index (Phi) is 2.73. The van der Waals surface area contributed by atoms with Crippen LogP contribution in [0.1, 0.15) is 15.9 Å². The van der Waals surface area contributed by atoms with Crippen LogP contribution in [-0.2, 0) is 0 Å². The second-order valence-electron chi connectivity index (χ2n) is 3.68. The van der Waals surface area contributed by atoms with Crippen LogP contribution in [-0.4, -0.2) is 5.97 Å². The van der Waals surface area contributed by atoms with Gasteiger partial charge in [-0.2, -0.15) is 0 Å². The molecule has 2 nitrogen and oxygen atoms in total. The molecule has 2 aromatic carbocycles. The molecule has 0 aliphatic carbocycles. The van der Waals surface area contributed by atoms with Gasteiger partial charge in [-0.05, 0) is 35.2 Å². The molecule has 0 radical (unpaired) electrons. The highest BCUT2D eigenvalue weighted by Gasteiger charge is 2.02. The summed E-state index contributed by atoms with van der Waals surface area (Å²) in [6, 6.07) is 14.9. The van der Waals surface area contributed by atoms with Gasteiger partial charge in [0.2, 0.25) is 0 Å². The second-order valence-corrected chi connectivity index (χ2v) is 3.68. The highest BCUT2D eigenvalue weighted by molar-refractivity contribution is 5.87. The summed E-state index contributed by atoms with van der Waals surface area (Å²) in [5.41, 5.74) is 3.29. The van der Waals surface area contributed by atoms with Gasteiger partial charge in [-0.15, -0.1) is 0 Å². The smallest absolute Gasteiger partial charge is 0.0715 e. The first-order valence-corrected chi connectivity index (χ1v) is 5.06. The molecule has 80 valence electrons. The molecule has 0 saturated carbocycles. The molecule has 0 aliphatic rings. The van der Waals surface area contributed by atoms with Crippen molar-refractivity contribution < 1.29 is 9.90 Å². The van der Waals surface area contributed by atoms with Crippen molar-refractivity contribution in [3.05, 3.63) is 59.7 Å². The van der Waals surface area contributed by atoms with E-state index < -0.39 is 5.97 Å². The molecule has 2 aromatic rings. The molecule has 0 bridgehead atoms. The third-order valence-corrected chi connectivity index (χ3v) is 2.55. The van der Waals surface area contributed by atoms with Gasteiger partial charge in [0.05, 0.1) is 5.97 Å². The van der Waals surface area contributed by atoms with E-state index in [-0.39, 0.29) is 5.56 Å². The summed E-state index contributed by atoms with van der Waals surface area (Å²) in [6.07, 6.45) is 0. The van der Waals surface area contributed by atoms with Crippen molar-refractivity contribution in [2.45, 2.75) is 6.92 Å². The van der Waals surface area contributed by atoms with E-state index in [0.717, 1.165) is 16.7 Å². The van der Waals surface area contributed by atoms with Gasteiger partial charge in [0.25, 0.3) is 0 Å². The Balaban J connectivity index is 2.48. The highest BCUT2D eigenvalue weighted by Crippen LogP contribution is 2.23. The van der Waals surface area contributed by atoms with Gasteiger partial charge in [0, 0.05) is 0 Å². The highest BCUT2D eigenvalue weighted by atomic mass is 16.4. The summed E-state index contributed by atoms with van der Waals surface area (Å²) in [5.74, 6) is -1.14. The van der Waals surface area contributed by atoms with Crippen molar-refractivity contribution in [2.24, 2.45) is 0 Å². The van der Waals surface area contributed by atoms with Crippen LogP contribution >= 0.6 is 0 Å². The predicted molar refractivity (Wildman–Crippen MR) is 60.9 cm³/mol. The Labute approximate surface area is 94.2 Å². The first kappa shape index (κ1) is 10.4. The standard InChI is InChI=1S/C14H12O2/c1-10-9-12(14(15)16)7-8-13(10)11-5-3-2-4-6-11/h2-9H,1H3,(H,15,16)/p-1. The zero-order chi connectivity index (χ0) is 11.5. The maximum Gasteiger partial charge on any atom is 0.0715 e. The molecule has 0 fully saturated rings. The van der Waals surface area contributed by atoms with Gasteiger partial charge in [0.1, 0.15) is 0 Å². The van der Waals surface area contributed by atoms with Gasteiger partial charge < -0.3 is 9.90 Å². The predicted octanol–water partition coefficient (Wildman–Crippen LogP) is 2.03. The SMILES string of the molecule is Cc1cc(C(=O)[O-])ccc1-c1ccccc1. The Morgan fingerprint density at radius 3 is 2.31 bits per heavy atom. The van der Waals surface area contributed by atoms with E-state index in [9.17, 15) is 9.90 Å². The number of benzene rings is 2. The third-order valence-electron chi connectivity index (χ3n) is 2.55. The van der Waals surface area contributed by atoms with E-state index in [1.165, 1.54) is 0 Å². The van der Waals surface area contributed by atoms with E-state index in [4.69, 9.17) is 0 Å². The Hall–Kier alpha value is -2.09. The number of carboxylic acids is 1. The molecule has 0 saturated heterocycles. The molecule has 2 heteroatoms. The Morgan fingerprint density at radius 2 is 1.75 bits per heavy atom. The topological polar surface area (TPSA) is 40.1 Å². The fourth-order valence-electron chi connectivity index (χ4n) is 1.73. The van der Waals surface area contributed by atoms with Crippen LogP contribution in [0.5, 0.6) is 0 Å². The zero-order valence-electron chi connectivity index (χ0n) is 8.94. The third kappa shape index (κ3) is 1.96. The van der Waals surface area contributed by atoms with Crippen LogP contribution in [0.15, 0.2) is 48.5 Å². The monoisotopic (exact) mass is 211 g/mol. The van der Waals surface area contributed by atoms with E-state index in [2.05, 4.69) is 0 Å². The number of hydrogen-bond acceptors (Lipinski definition) is 2. The molecular weight excluding hydrogens is 200 g/mol. The average molecular weight is 211 g/mol. The first-order valence-electron chi connectivity index (χ1n) is 5.06. The molecule has 0 unspecified atom stereocenters. The summed E-state index contributed by atoms with van der Waals surface area (Å²) in [7, 11) is 0. The molecule has 0 atom stereocenters. The number of aryl methyl sites for hydroxylation is 1. The lowest BCUT2D eigenvalue weighted by Crippen LogP contribution is -2.22. The van der Waals surface area contributed by atoms with Crippen LogP contribution in [0.3, 0.4) is 0 Å². The second kappa shape index (κ2) is 4.19. The van der Waals surface area contributed by atoms with Crippen molar-refractivity contribution >= 4 is 5.97 Å². The van der Waals surface area contributed by atoms with Crippen LogP contribution < -0.4 is 5.11 Å². The summed E-state index contributed by atoms with van der Waals surface area (Å²) >= 11 is 0. The average Bonchev–Trinajstić information content (AvgIpc) is 2.30. The lowest BCUT2D eigenvalue weighted by atomic mass is 9.98. The molecule has 2 rings (SSSR count). The lowest BCUT2D eigenvalue weighted by molar-refractivity contribution is -0.255. The van der Waals surface area contributed by atoms with Gasteiger partial charge in [-0.3, -0.25) is 0 Å². The maximum atomic E-state index is 10.7. The minimum Gasteiger partial charge on any atom is -0.545 e. The van der Waals surface area contributed by atoms with Crippen molar-refractivity contribution in [3.63, 3.8) is 0 Å². The normalized spacial score (nSPS) is 10.1. The summed E-state index contributed by atoms with van der Waals surface area (Å²) in [6.45, 7) is 1.90. The molecule has 0 amide bonds. The van der Waals surface area contributed by atoms with Crippen molar-refractivity contribution in [1.29, 1.82) is 0 Å². The molecule has 0 aliphatic heterocycles. The fraction of sp³-hybridized carbons (Fsp3) is 0.0714. The largest absolute Gasteiger partial charge is 0.545 e. The fourth-order valence-corrected chi connectivity index (χ4v) is 1.73. The molecule has 16 heavy (non-hydrogen) atoms. The molecular formula is C14H11O2-. The van der Waals surface area contributed by atoms with E-state index in [1.807, 2.05) is 43.3 Å². The summed E-state index contributed by atoms with van der Waals surface area (Å²) in [5, 5.41) is 10.7. The summed E-state index contributed by atoms with van der Waals surface area (Å²) in [4.78, 5) is 10.7. The zero-order valence-corrected chi connectivity index (χ0v) is 8.94. The number of carbonyl (C=O) groups is 1. The Morgan fingerprint density at radius 1 is 1.06 bits per heavy atom. The van der Waals surface area contributed by atoms with Crippen LogP contribution in [0.25, 0.3) is 11.1 Å². The van der Waals surface area contributed by atoms with Gasteiger partial charge in [-0.1, -0.05) is 42.5 Å². The minimum atomic E-state index is -1.14. The molecule has 0 spiro atoms.